The van der Waals surface area contributed by atoms with Gasteiger partial charge in [-0.2, -0.15) is 0 Å². The lowest BCUT2D eigenvalue weighted by Gasteiger charge is -2.24. The molecule has 1 aliphatic rings. The maximum atomic E-state index is 12.2. The van der Waals surface area contributed by atoms with Gasteiger partial charge in [-0.15, -0.1) is 0 Å². The Morgan fingerprint density at radius 2 is 1.11 bits per heavy atom. The summed E-state index contributed by atoms with van der Waals surface area (Å²) in [7, 11) is 0. The quantitative estimate of drug-likeness (QED) is 0.343. The summed E-state index contributed by atoms with van der Waals surface area (Å²) >= 11 is 0. The topological polar surface area (TPSA) is 72.8 Å². The normalized spacial score (nSPS) is 15.5. The van der Waals surface area contributed by atoms with E-state index >= 15 is 0 Å². The first kappa shape index (κ1) is 22.4. The summed E-state index contributed by atoms with van der Waals surface area (Å²) in [4.78, 5) is 24.3. The van der Waals surface area contributed by atoms with Crippen molar-refractivity contribution in [2.24, 2.45) is 0 Å². The van der Waals surface area contributed by atoms with Crippen molar-refractivity contribution in [2.75, 3.05) is 0 Å². The highest BCUT2D eigenvalue weighted by atomic mass is 16.8. The van der Waals surface area contributed by atoms with E-state index in [4.69, 9.17) is 9.47 Å². The molecule has 5 heteroatoms. The molecular weight excluding hydrogens is 356 g/mol. The number of carbonyl (C=O) groups is 2. The van der Waals surface area contributed by atoms with Crippen molar-refractivity contribution in [3.8, 4) is 0 Å². The van der Waals surface area contributed by atoms with E-state index in [0.717, 1.165) is 12.8 Å². The van der Waals surface area contributed by atoms with Gasteiger partial charge in [-0.05, 0) is 18.6 Å². The summed E-state index contributed by atoms with van der Waals surface area (Å²) < 4.78 is 10.1. The molecule has 1 N–H and O–H groups in total. The second-order valence-electron chi connectivity index (χ2n) is 7.68. The lowest BCUT2D eigenvalue weighted by atomic mass is 10.0. The number of ether oxygens (including phenoxy) is 2. The van der Waals surface area contributed by atoms with Gasteiger partial charge in [0.05, 0.1) is 17.5 Å². The van der Waals surface area contributed by atoms with Crippen molar-refractivity contribution in [1.82, 2.24) is 0 Å². The fraction of sp³-hybridized carbons (Fsp3) is 0.652. The summed E-state index contributed by atoms with van der Waals surface area (Å²) in [6.07, 6.45) is 14.4. The van der Waals surface area contributed by atoms with Crippen LogP contribution >= 0.6 is 0 Å². The maximum Gasteiger partial charge on any atom is 0.373 e. The summed E-state index contributed by atoms with van der Waals surface area (Å²) in [6.45, 7) is 2.24. The fourth-order valence-electron chi connectivity index (χ4n) is 3.55. The average Bonchev–Trinajstić information content (AvgIpc) is 2.77. The summed E-state index contributed by atoms with van der Waals surface area (Å²) in [5, 5.41) is 10.4. The standard InChI is InChI=1S/C23H34O5/c1-2-3-4-5-6-7-8-9-10-11-12-15-18-23(26)27-21(24)19-16-13-14-17-20(19)22(25)28-23/h13-14,16-17,26H,2-12,15,18H2,1H3. The van der Waals surface area contributed by atoms with Gasteiger partial charge in [0.1, 0.15) is 0 Å². The Hall–Kier alpha value is -1.88. The van der Waals surface area contributed by atoms with Crippen LogP contribution in [0.2, 0.25) is 0 Å². The van der Waals surface area contributed by atoms with Crippen LogP contribution in [-0.2, 0) is 9.47 Å². The molecule has 0 atom stereocenters. The molecule has 1 aliphatic heterocycles. The minimum Gasteiger partial charge on any atom is -0.394 e. The average molecular weight is 391 g/mol. The van der Waals surface area contributed by atoms with E-state index in [1.165, 1.54) is 69.9 Å². The largest absolute Gasteiger partial charge is 0.394 e. The maximum absolute atomic E-state index is 12.2. The molecule has 1 heterocycles. The van der Waals surface area contributed by atoms with E-state index < -0.39 is 17.9 Å². The molecule has 2 rings (SSSR count). The monoisotopic (exact) mass is 390 g/mol. The third kappa shape index (κ3) is 7.27. The number of unbranched alkanes of at least 4 members (excludes halogenated alkanes) is 11. The Labute approximate surface area is 168 Å². The number of hydrogen-bond donors (Lipinski definition) is 1. The highest BCUT2D eigenvalue weighted by Crippen LogP contribution is 2.27. The Morgan fingerprint density at radius 3 is 1.54 bits per heavy atom. The van der Waals surface area contributed by atoms with Crippen molar-refractivity contribution in [1.29, 1.82) is 0 Å². The van der Waals surface area contributed by atoms with Crippen LogP contribution in [0.25, 0.3) is 0 Å². The van der Waals surface area contributed by atoms with E-state index in [0.29, 0.717) is 6.42 Å². The van der Waals surface area contributed by atoms with Crippen LogP contribution in [-0.4, -0.2) is 23.0 Å². The van der Waals surface area contributed by atoms with Crippen molar-refractivity contribution in [3.63, 3.8) is 0 Å². The van der Waals surface area contributed by atoms with E-state index in [9.17, 15) is 14.7 Å². The molecule has 0 aromatic heterocycles. The van der Waals surface area contributed by atoms with Crippen LogP contribution in [0.5, 0.6) is 0 Å². The molecule has 0 unspecified atom stereocenters. The lowest BCUT2D eigenvalue weighted by Crippen LogP contribution is -2.37. The van der Waals surface area contributed by atoms with E-state index in [1.54, 1.807) is 12.1 Å². The van der Waals surface area contributed by atoms with Gasteiger partial charge in [-0.3, -0.25) is 0 Å². The Bertz CT molecular complexity index is 588. The smallest absolute Gasteiger partial charge is 0.373 e. The second-order valence-corrected chi connectivity index (χ2v) is 7.68. The Kier molecular flexibility index (Phi) is 9.48. The summed E-state index contributed by atoms with van der Waals surface area (Å²) in [5.74, 6) is -3.64. The van der Waals surface area contributed by atoms with Gasteiger partial charge < -0.3 is 14.6 Å². The van der Waals surface area contributed by atoms with Gasteiger partial charge in [0.15, 0.2) is 0 Å². The van der Waals surface area contributed by atoms with Gasteiger partial charge in [0.2, 0.25) is 0 Å². The molecule has 0 amide bonds. The third-order valence-electron chi connectivity index (χ3n) is 5.22. The van der Waals surface area contributed by atoms with Crippen LogP contribution in [0, 0.1) is 0 Å². The predicted octanol–water partition coefficient (Wildman–Crippen LogP) is 5.75. The molecule has 0 spiro atoms. The molecule has 28 heavy (non-hydrogen) atoms. The number of hydrogen-bond acceptors (Lipinski definition) is 5. The number of benzene rings is 1. The van der Waals surface area contributed by atoms with Crippen LogP contribution < -0.4 is 0 Å². The van der Waals surface area contributed by atoms with Gasteiger partial charge >= 0.3 is 17.9 Å². The minimum absolute atomic E-state index is 0.0932. The van der Waals surface area contributed by atoms with Gasteiger partial charge in [0, 0.05) is 0 Å². The number of cyclic esters (lactones) is 2. The van der Waals surface area contributed by atoms with Crippen LogP contribution in [0.4, 0.5) is 0 Å². The van der Waals surface area contributed by atoms with E-state index in [-0.39, 0.29) is 17.5 Å². The van der Waals surface area contributed by atoms with E-state index in [2.05, 4.69) is 6.92 Å². The first-order valence-corrected chi connectivity index (χ1v) is 10.8. The molecule has 0 fully saturated rings. The fourth-order valence-corrected chi connectivity index (χ4v) is 3.55. The zero-order chi connectivity index (χ0) is 20.2. The molecule has 1 aromatic carbocycles. The SMILES string of the molecule is CCCCCCCCCCCCCCC1(O)OC(=O)c2ccccc2C(=O)O1. The number of rotatable bonds is 13. The zero-order valence-electron chi connectivity index (χ0n) is 17.1. The predicted molar refractivity (Wildman–Crippen MR) is 108 cm³/mol. The number of carbonyl (C=O) groups excluding carboxylic acids is 2. The zero-order valence-corrected chi connectivity index (χ0v) is 17.1. The van der Waals surface area contributed by atoms with Gasteiger partial charge in [0.25, 0.3) is 0 Å². The number of aliphatic hydroxyl groups is 1. The number of fused-ring (bicyclic) bond motifs is 1. The Balaban J connectivity index is 1.60. The minimum atomic E-state index is -2.17. The summed E-state index contributed by atoms with van der Waals surface area (Å²) in [5.41, 5.74) is 0.247. The highest BCUT2D eigenvalue weighted by Gasteiger charge is 2.41. The molecule has 0 aliphatic carbocycles. The number of esters is 2. The molecule has 1 aromatic rings. The lowest BCUT2D eigenvalue weighted by molar-refractivity contribution is -0.306. The second kappa shape index (κ2) is 11.8. The van der Waals surface area contributed by atoms with Crippen molar-refractivity contribution < 1.29 is 24.2 Å². The molecule has 0 radical (unpaired) electrons. The van der Waals surface area contributed by atoms with Gasteiger partial charge in [-0.25, -0.2) is 9.59 Å². The van der Waals surface area contributed by atoms with Crippen LogP contribution in [0.3, 0.4) is 0 Å². The molecule has 0 saturated carbocycles. The highest BCUT2D eigenvalue weighted by molar-refractivity contribution is 6.04. The Morgan fingerprint density at radius 1 is 0.714 bits per heavy atom. The van der Waals surface area contributed by atoms with E-state index in [1.807, 2.05) is 0 Å². The molecule has 0 bridgehead atoms. The van der Waals surface area contributed by atoms with Crippen LogP contribution in [0.15, 0.2) is 24.3 Å². The van der Waals surface area contributed by atoms with Gasteiger partial charge in [-0.1, -0.05) is 89.7 Å². The summed E-state index contributed by atoms with van der Waals surface area (Å²) in [6, 6.07) is 6.27. The van der Waals surface area contributed by atoms with Crippen LogP contribution in [0.1, 0.15) is 111 Å². The molecule has 0 saturated heterocycles. The first-order valence-electron chi connectivity index (χ1n) is 10.8. The van der Waals surface area contributed by atoms with Crippen molar-refractivity contribution in [3.05, 3.63) is 35.4 Å². The molecule has 5 nitrogen and oxygen atoms in total. The third-order valence-corrected chi connectivity index (χ3v) is 5.22. The molecule has 156 valence electrons. The van der Waals surface area contributed by atoms with Crippen molar-refractivity contribution in [2.45, 2.75) is 96.4 Å². The molecular formula is C23H34O5. The first-order chi connectivity index (χ1) is 13.6. The van der Waals surface area contributed by atoms with Crippen molar-refractivity contribution >= 4 is 11.9 Å².